The van der Waals surface area contributed by atoms with E-state index in [1.54, 1.807) is 6.08 Å². The molecule has 0 radical (unpaired) electrons. The van der Waals surface area contributed by atoms with Gasteiger partial charge in [-0.25, -0.2) is 0 Å². The number of hydrogen-bond donors (Lipinski definition) is 0. The Morgan fingerprint density at radius 2 is 0.560 bits per heavy atom. The minimum Gasteiger partial charge on any atom is -0.454 e. The zero-order chi connectivity index (χ0) is 80.3. The van der Waals surface area contributed by atoms with Crippen molar-refractivity contribution in [3.8, 4) is 0 Å². The molecule has 0 N–H and O–H groups in total. The molecule has 1 aliphatic carbocycles. The van der Waals surface area contributed by atoms with E-state index in [4.69, 9.17) is 75.5 Å². The molecule has 10 aromatic carbocycles. The summed E-state index contributed by atoms with van der Waals surface area (Å²) in [5.41, 5.74) is 6.82. The van der Waals surface area contributed by atoms with Crippen LogP contribution in [0.15, 0.2) is 316 Å². The number of esters is 2. The highest BCUT2D eigenvalue weighted by atomic mass is 28.4. The van der Waals surface area contributed by atoms with E-state index in [2.05, 4.69) is 51.6 Å². The maximum absolute atomic E-state index is 14.4. The van der Waals surface area contributed by atoms with Crippen molar-refractivity contribution in [2.24, 2.45) is 0 Å². The van der Waals surface area contributed by atoms with Crippen LogP contribution in [0.25, 0.3) is 0 Å². The van der Waals surface area contributed by atoms with Gasteiger partial charge in [-0.05, 0) is 59.9 Å². The van der Waals surface area contributed by atoms with Crippen molar-refractivity contribution >= 4 is 30.6 Å². The summed E-state index contributed by atoms with van der Waals surface area (Å²) >= 11 is 0. The Labute approximate surface area is 682 Å². The molecule has 10 aromatic rings. The molecule has 7 unspecified atom stereocenters. The first-order chi connectivity index (χ1) is 56.8. The molecule has 2 aliphatic heterocycles. The maximum Gasteiger partial charge on any atom is 0.303 e. The molecule has 3 aliphatic rings. The quantitative estimate of drug-likeness (QED) is 0.0201. The van der Waals surface area contributed by atoms with Crippen LogP contribution in [-0.2, 0) is 138 Å². The number of carbonyl (C=O) groups is 2. The fourth-order valence-electron chi connectivity index (χ4n) is 15.5. The van der Waals surface area contributed by atoms with Crippen LogP contribution < -0.4 is 10.4 Å². The third-order valence-electron chi connectivity index (χ3n) is 21.0. The summed E-state index contributed by atoms with van der Waals surface area (Å²) in [5.74, 6) is -1.32. The third-order valence-corrected chi connectivity index (χ3v) is 26.0. The largest absolute Gasteiger partial charge is 0.454 e. The second-order valence-corrected chi connectivity index (χ2v) is 34.6. The number of hydrogen-bond acceptors (Lipinski definition) is 18. The second-order valence-electron chi connectivity index (χ2n) is 30.3. The monoisotopic (exact) mass is 1590 g/mol. The van der Waals surface area contributed by atoms with Crippen LogP contribution in [0.2, 0.25) is 5.04 Å². The van der Waals surface area contributed by atoms with E-state index in [0.29, 0.717) is 0 Å². The van der Waals surface area contributed by atoms with Gasteiger partial charge in [0.2, 0.25) is 0 Å². The molecule has 0 spiro atoms. The van der Waals surface area contributed by atoms with Gasteiger partial charge >= 0.3 is 11.9 Å². The Bertz CT molecular complexity index is 4470. The van der Waals surface area contributed by atoms with E-state index in [1.165, 1.54) is 13.8 Å². The molecule has 0 aromatic heterocycles. The first kappa shape index (κ1) is 84.5. The molecule has 19 heteroatoms. The number of carbonyl (C=O) groups excluding carboxylic acids is 2. The highest BCUT2D eigenvalue weighted by molar-refractivity contribution is 6.99. The molecule has 2 heterocycles. The molecule has 13 rings (SSSR count). The third kappa shape index (κ3) is 22.6. The fraction of sp³-hybridized carbons (Fsp3) is 0.340. The molecule has 0 bridgehead atoms. The number of rotatable bonds is 39. The van der Waals surface area contributed by atoms with Gasteiger partial charge < -0.3 is 75.5 Å². The molecule has 3 fully saturated rings. The van der Waals surface area contributed by atoms with E-state index < -0.39 is 123 Å². The smallest absolute Gasteiger partial charge is 0.303 e. The van der Waals surface area contributed by atoms with Crippen molar-refractivity contribution in [2.75, 3.05) is 19.8 Å². The summed E-state index contributed by atoms with van der Waals surface area (Å²) in [7, 11) is -3.41. The van der Waals surface area contributed by atoms with Gasteiger partial charge in [0.05, 0.1) is 72.7 Å². The number of benzene rings is 10. The summed E-state index contributed by atoms with van der Waals surface area (Å²) in [6.07, 6.45) is -18.2. The molecule has 18 nitrogen and oxygen atoms in total. The first-order valence-corrected chi connectivity index (χ1v) is 41.8. The van der Waals surface area contributed by atoms with Gasteiger partial charge in [-0.3, -0.25) is 9.59 Å². The van der Waals surface area contributed by atoms with Gasteiger partial charge in [-0.1, -0.05) is 330 Å². The zero-order valence-electron chi connectivity index (χ0n) is 66.5. The van der Waals surface area contributed by atoms with Crippen LogP contribution in [0.1, 0.15) is 79.1 Å². The predicted molar refractivity (Wildman–Crippen MR) is 443 cm³/mol. The van der Waals surface area contributed by atoms with Gasteiger partial charge in [0.25, 0.3) is 8.32 Å². The molecule has 116 heavy (non-hydrogen) atoms. The maximum atomic E-state index is 14.4. The van der Waals surface area contributed by atoms with Crippen molar-refractivity contribution in [3.63, 3.8) is 0 Å². The molecular formula is C97H106O18Si. The van der Waals surface area contributed by atoms with Crippen molar-refractivity contribution in [3.05, 3.63) is 360 Å². The van der Waals surface area contributed by atoms with Crippen molar-refractivity contribution in [1.29, 1.82) is 0 Å². The lowest BCUT2D eigenvalue weighted by Gasteiger charge is -2.53. The van der Waals surface area contributed by atoms with Crippen molar-refractivity contribution in [2.45, 2.75) is 191 Å². The van der Waals surface area contributed by atoms with Gasteiger partial charge in [-0.2, -0.15) is 0 Å². The Morgan fingerprint density at radius 3 is 0.836 bits per heavy atom. The van der Waals surface area contributed by atoms with Crippen molar-refractivity contribution in [1.82, 2.24) is 0 Å². The van der Waals surface area contributed by atoms with Gasteiger partial charge in [0.15, 0.2) is 24.8 Å². The van der Waals surface area contributed by atoms with Crippen molar-refractivity contribution < 1.29 is 85.1 Å². The van der Waals surface area contributed by atoms with Crippen LogP contribution >= 0.6 is 0 Å². The zero-order valence-corrected chi connectivity index (χ0v) is 67.5. The molecular weight excluding hydrogens is 1480 g/mol. The average molecular weight is 1590 g/mol. The SMILES string of the molecule is C=CCO[C@@H]1C(O[C@@H]2OC(COCc3ccccc3)[C@H](OCc3ccccc3)[C@H](OCc3ccccc3)C2OC(C)=O)C(OCc2ccccc2)[C@H](OCc2ccccc2)[C@H](OCc2ccccc2)C1O[C@H]1OC(CO[Si](c2ccccc2)(c2ccccc2)C(C)(C)C)[C@@H](OCc2ccccc2)C(OCc2ccccc2)[C@H]1OC(C)=O. The van der Waals surface area contributed by atoms with Crippen LogP contribution in [0.5, 0.6) is 0 Å². The standard InChI is InChI=1S/C97H106O18Si/c1-7-58-101-90-91(114-95-93(110-69(2)98)85(104-62-74-44-24-11-25-45-74)83(102-60-72-40-20-9-21-41-72)81(112-95)67-100-59-71-38-18-8-19-39-71)88(107-65-77-50-30-14-31-51-77)87(106-64-76-48-28-13-29-49-76)89(108-66-78-52-32-15-33-53-78)92(90)115-96-94(111-70(3)99)86(105-63-75-46-26-12-27-47-75)84(103-61-73-42-22-10-23-43-73)82(113-96)68-109-116(97(4,5)6,79-54-34-16-35-55-79)80-56-36-17-37-57-80/h7-57,81-96H,1,58-68H2,2-6H3/t81?,82?,83-,84+,85-,86?,87-,88?,89-,90+,91?,92?,93?,94+,95-,96+/m0/s1. The van der Waals surface area contributed by atoms with Crippen LogP contribution in [0.3, 0.4) is 0 Å². The lowest BCUT2D eigenvalue weighted by atomic mass is 9.83. The lowest BCUT2D eigenvalue weighted by Crippen LogP contribution is -2.71. The van der Waals surface area contributed by atoms with E-state index >= 15 is 0 Å². The van der Waals surface area contributed by atoms with Crippen LogP contribution in [0, 0.1) is 0 Å². The number of ether oxygens (including phenoxy) is 15. The normalized spacial score (nSPS) is 24.2. The highest BCUT2D eigenvalue weighted by Gasteiger charge is 2.62. The van der Waals surface area contributed by atoms with Gasteiger partial charge in [0, 0.05) is 13.8 Å². The predicted octanol–water partition coefficient (Wildman–Crippen LogP) is 15.5. The highest BCUT2D eigenvalue weighted by Crippen LogP contribution is 2.43. The summed E-state index contributed by atoms with van der Waals surface area (Å²) in [6.45, 7) is 13.9. The minimum atomic E-state index is -3.41. The summed E-state index contributed by atoms with van der Waals surface area (Å²) in [4.78, 5) is 28.7. The molecule has 0 amide bonds. The Hall–Kier alpha value is -9.46. The lowest BCUT2D eigenvalue weighted by molar-refractivity contribution is -0.378. The summed E-state index contributed by atoms with van der Waals surface area (Å²) in [5, 5.41) is 1.57. The molecule has 2 saturated heterocycles. The van der Waals surface area contributed by atoms with E-state index in [0.717, 1.165) is 54.9 Å². The van der Waals surface area contributed by atoms with Gasteiger partial charge in [-0.15, -0.1) is 6.58 Å². The Kier molecular flexibility index (Phi) is 31.0. The topological polar surface area (TPSA) is 182 Å². The summed E-state index contributed by atoms with van der Waals surface area (Å²) < 4.78 is 118. The fourth-order valence-corrected chi connectivity index (χ4v) is 20.1. The summed E-state index contributed by atoms with van der Waals surface area (Å²) in [6, 6.07) is 99.1. The second kappa shape index (κ2) is 42.6. The van der Waals surface area contributed by atoms with E-state index in [1.807, 2.05) is 279 Å². The van der Waals surface area contributed by atoms with Gasteiger partial charge in [0.1, 0.15) is 73.2 Å². The van der Waals surface area contributed by atoms with Crippen LogP contribution in [-0.4, -0.2) is 138 Å². The Morgan fingerprint density at radius 1 is 0.319 bits per heavy atom. The average Bonchev–Trinajstić information content (AvgIpc) is 0.747. The Balaban J connectivity index is 0.995. The van der Waals surface area contributed by atoms with E-state index in [-0.39, 0.29) is 72.7 Å². The molecule has 16 atom stereocenters. The minimum absolute atomic E-state index is 0.0173. The molecule has 606 valence electrons. The van der Waals surface area contributed by atoms with Crippen LogP contribution in [0.4, 0.5) is 0 Å². The molecule has 1 saturated carbocycles. The first-order valence-electron chi connectivity index (χ1n) is 39.9. The van der Waals surface area contributed by atoms with E-state index in [9.17, 15) is 9.59 Å².